The number of nitrogens with zero attached hydrogens (tertiary/aromatic N) is 3. The molecule has 1 aromatic heterocycles. The van der Waals surface area contributed by atoms with Crippen molar-refractivity contribution in [2.45, 2.75) is 42.6 Å². The first-order valence-electron chi connectivity index (χ1n) is 6.14. The van der Waals surface area contributed by atoms with E-state index in [0.717, 1.165) is 24.6 Å². The quantitative estimate of drug-likeness (QED) is 0.782. The molecule has 0 saturated heterocycles. The molecule has 1 N–H and O–H groups in total. The van der Waals surface area contributed by atoms with Crippen molar-refractivity contribution in [3.63, 3.8) is 0 Å². The summed E-state index contributed by atoms with van der Waals surface area (Å²) in [6.45, 7) is 3.19. The third-order valence-electron chi connectivity index (χ3n) is 3.37. The van der Waals surface area contributed by atoms with Crippen molar-refractivity contribution in [1.29, 1.82) is 0 Å². The van der Waals surface area contributed by atoms with Crippen LogP contribution >= 0.6 is 11.8 Å². The average Bonchev–Trinajstić information content (AvgIpc) is 3.04. The van der Waals surface area contributed by atoms with Crippen LogP contribution in [0.15, 0.2) is 5.16 Å². The Morgan fingerprint density at radius 1 is 1.45 bits per heavy atom. The van der Waals surface area contributed by atoms with Crippen molar-refractivity contribution in [2.75, 3.05) is 12.0 Å². The van der Waals surface area contributed by atoms with Crippen molar-refractivity contribution in [1.82, 2.24) is 14.8 Å². The van der Waals surface area contributed by atoms with Crippen LogP contribution in [0.1, 0.15) is 38.6 Å². The second-order valence-electron chi connectivity index (χ2n) is 5.37. The van der Waals surface area contributed by atoms with Crippen LogP contribution in [0.3, 0.4) is 0 Å². The van der Waals surface area contributed by atoms with E-state index in [1.54, 1.807) is 18.4 Å². The highest BCUT2D eigenvalue weighted by Gasteiger charge is 2.41. The zero-order valence-corrected chi connectivity index (χ0v) is 13.2. The van der Waals surface area contributed by atoms with Gasteiger partial charge in [0, 0.05) is 12.3 Å². The van der Waals surface area contributed by atoms with Gasteiger partial charge in [0.1, 0.15) is 4.75 Å². The van der Waals surface area contributed by atoms with Gasteiger partial charge in [-0.05, 0) is 26.7 Å². The average molecular weight is 319 g/mol. The van der Waals surface area contributed by atoms with Crippen LogP contribution < -0.4 is 0 Å². The number of hydrogen-bond acceptors (Lipinski definition) is 6. The summed E-state index contributed by atoms with van der Waals surface area (Å²) in [5, 5.41) is 17.2. The molecule has 0 unspecified atom stereocenters. The Hall–Kier alpha value is -1.09. The number of rotatable bonds is 6. The molecule has 0 radical (unpaired) electrons. The monoisotopic (exact) mass is 319 g/mol. The Bertz CT molecular complexity index is 632. The Balaban J connectivity index is 2.42. The summed E-state index contributed by atoms with van der Waals surface area (Å²) in [6, 6.07) is 0.178. The molecule has 112 valence electrons. The molecule has 9 heteroatoms. The maximum Gasteiger partial charge on any atom is 0.313 e. The van der Waals surface area contributed by atoms with E-state index in [4.69, 9.17) is 5.11 Å². The minimum Gasteiger partial charge on any atom is -0.481 e. The SMILES string of the molecule is CC(C)(c1nnc(SCC(=O)O)n1C1CC1)S(C)(=O)=O. The van der Waals surface area contributed by atoms with Gasteiger partial charge >= 0.3 is 5.97 Å². The Morgan fingerprint density at radius 3 is 2.50 bits per heavy atom. The minimum absolute atomic E-state index is 0.121. The molecular weight excluding hydrogens is 302 g/mol. The fourth-order valence-corrected chi connectivity index (χ4v) is 2.94. The number of carbonyl (C=O) groups is 1. The van der Waals surface area contributed by atoms with E-state index in [1.807, 2.05) is 0 Å². The molecular formula is C11H17N3O4S2. The summed E-state index contributed by atoms with van der Waals surface area (Å²) < 4.78 is 24.5. The molecule has 20 heavy (non-hydrogen) atoms. The number of thioether (sulfide) groups is 1. The summed E-state index contributed by atoms with van der Waals surface area (Å²) in [4.78, 5) is 10.7. The highest BCUT2D eigenvalue weighted by Crippen LogP contribution is 2.42. The zero-order chi connectivity index (χ0) is 15.1. The molecule has 0 bridgehead atoms. The number of hydrogen-bond donors (Lipinski definition) is 1. The predicted molar refractivity (Wildman–Crippen MR) is 74.5 cm³/mol. The molecule has 1 aromatic rings. The topological polar surface area (TPSA) is 102 Å². The second-order valence-corrected chi connectivity index (χ2v) is 8.88. The summed E-state index contributed by atoms with van der Waals surface area (Å²) in [7, 11) is -3.35. The number of carboxylic acids is 1. The maximum absolute atomic E-state index is 11.9. The molecule has 0 atom stereocenters. The summed E-state index contributed by atoms with van der Waals surface area (Å²) in [5.41, 5.74) is 0. The van der Waals surface area contributed by atoms with Crippen LogP contribution in [-0.2, 0) is 19.4 Å². The molecule has 2 rings (SSSR count). The zero-order valence-electron chi connectivity index (χ0n) is 11.5. The lowest BCUT2D eigenvalue weighted by molar-refractivity contribution is -0.133. The molecule has 1 aliphatic rings. The van der Waals surface area contributed by atoms with E-state index in [-0.39, 0.29) is 11.8 Å². The summed E-state index contributed by atoms with van der Waals surface area (Å²) >= 11 is 1.07. The lowest BCUT2D eigenvalue weighted by Gasteiger charge is -2.22. The van der Waals surface area contributed by atoms with Gasteiger partial charge in [0.15, 0.2) is 20.8 Å². The number of carboxylic acid groups (broad SMARTS) is 1. The molecule has 0 spiro atoms. The number of sulfone groups is 1. The lowest BCUT2D eigenvalue weighted by atomic mass is 10.2. The molecule has 7 nitrogen and oxygen atoms in total. The smallest absolute Gasteiger partial charge is 0.313 e. The first kappa shape index (κ1) is 15.3. The number of aliphatic carboxylic acids is 1. The maximum atomic E-state index is 11.9. The molecule has 0 aliphatic heterocycles. The van der Waals surface area contributed by atoms with Gasteiger partial charge in [-0.3, -0.25) is 4.79 Å². The highest BCUT2D eigenvalue weighted by atomic mass is 32.2. The van der Waals surface area contributed by atoms with Crippen molar-refractivity contribution >= 4 is 27.6 Å². The predicted octanol–water partition coefficient (Wildman–Crippen LogP) is 1.07. The standard InChI is InChI=1S/C11H17N3O4S2/c1-11(2,20(3,17)18)9-12-13-10(19-6-8(15)16)14(9)7-4-5-7/h7H,4-6H2,1-3H3,(H,15,16). The first-order valence-corrected chi connectivity index (χ1v) is 9.02. The van der Waals surface area contributed by atoms with Gasteiger partial charge < -0.3 is 9.67 Å². The van der Waals surface area contributed by atoms with Gasteiger partial charge in [-0.2, -0.15) is 0 Å². The van der Waals surface area contributed by atoms with Crippen molar-refractivity contribution in [3.05, 3.63) is 5.82 Å². The molecule has 1 saturated carbocycles. The van der Waals surface area contributed by atoms with E-state index >= 15 is 0 Å². The van der Waals surface area contributed by atoms with Gasteiger partial charge in [0.25, 0.3) is 0 Å². The second kappa shape index (κ2) is 5.03. The van der Waals surface area contributed by atoms with Crippen molar-refractivity contribution < 1.29 is 18.3 Å². The third kappa shape index (κ3) is 2.83. The van der Waals surface area contributed by atoms with E-state index < -0.39 is 20.6 Å². The van der Waals surface area contributed by atoms with Crippen LogP contribution in [-0.4, -0.2) is 46.3 Å². The third-order valence-corrected chi connectivity index (χ3v) is 6.33. The van der Waals surface area contributed by atoms with Crippen molar-refractivity contribution in [2.24, 2.45) is 0 Å². The van der Waals surface area contributed by atoms with Crippen LogP contribution in [0.5, 0.6) is 0 Å². The Labute approximate surface area is 121 Å². The fourth-order valence-electron chi connectivity index (χ4n) is 1.74. The molecule has 0 amide bonds. The van der Waals surface area contributed by atoms with Gasteiger partial charge in [-0.1, -0.05) is 11.8 Å². The van der Waals surface area contributed by atoms with Crippen LogP contribution in [0.25, 0.3) is 0 Å². The van der Waals surface area contributed by atoms with E-state index in [9.17, 15) is 13.2 Å². The Morgan fingerprint density at radius 2 is 2.05 bits per heavy atom. The van der Waals surface area contributed by atoms with Crippen LogP contribution in [0, 0.1) is 0 Å². The van der Waals surface area contributed by atoms with E-state index in [1.165, 1.54) is 6.26 Å². The minimum atomic E-state index is -3.35. The molecule has 0 aromatic carbocycles. The Kier molecular flexibility index (Phi) is 3.85. The fraction of sp³-hybridized carbons (Fsp3) is 0.727. The molecule has 1 fully saturated rings. The van der Waals surface area contributed by atoms with Gasteiger partial charge in [0.05, 0.1) is 5.75 Å². The largest absolute Gasteiger partial charge is 0.481 e. The lowest BCUT2D eigenvalue weighted by Crippen LogP contribution is -2.31. The summed E-state index contributed by atoms with van der Waals surface area (Å²) in [5.74, 6) is -0.677. The van der Waals surface area contributed by atoms with E-state index in [0.29, 0.717) is 11.0 Å². The number of aromatic nitrogens is 3. The van der Waals surface area contributed by atoms with Gasteiger partial charge in [-0.25, -0.2) is 8.42 Å². The van der Waals surface area contributed by atoms with Crippen LogP contribution in [0.2, 0.25) is 0 Å². The molecule has 1 aliphatic carbocycles. The van der Waals surface area contributed by atoms with E-state index in [2.05, 4.69) is 10.2 Å². The molecule has 1 heterocycles. The highest BCUT2D eigenvalue weighted by molar-refractivity contribution is 7.99. The summed E-state index contributed by atoms with van der Waals surface area (Å²) in [6.07, 6.45) is 3.04. The van der Waals surface area contributed by atoms with Gasteiger partial charge in [0.2, 0.25) is 0 Å². The normalized spacial score (nSPS) is 16.4. The van der Waals surface area contributed by atoms with Gasteiger partial charge in [-0.15, -0.1) is 10.2 Å². The first-order chi connectivity index (χ1) is 9.14. The van der Waals surface area contributed by atoms with Crippen molar-refractivity contribution in [3.8, 4) is 0 Å². The van der Waals surface area contributed by atoms with Crippen LogP contribution in [0.4, 0.5) is 0 Å².